The molecule has 0 fully saturated rings. The second-order valence-corrected chi connectivity index (χ2v) is 0.402. The molecule has 0 saturated carbocycles. The van der Waals surface area contributed by atoms with Crippen LogP contribution >= 0.6 is 0 Å². The first kappa shape index (κ1) is 8.85. The van der Waals surface area contributed by atoms with Crippen LogP contribution < -0.4 is 11.5 Å². The van der Waals surface area contributed by atoms with Gasteiger partial charge in [-0.1, -0.05) is 0 Å². The van der Waals surface area contributed by atoms with Crippen LogP contribution in [0.25, 0.3) is 0 Å². The van der Waals surface area contributed by atoms with Gasteiger partial charge in [0.2, 0.25) is 0 Å². The molecule has 2 amide bonds. The number of carbonyl (C=O) groups is 1. The summed E-state index contributed by atoms with van der Waals surface area (Å²) >= 11 is 0. The van der Waals surface area contributed by atoms with E-state index in [1.54, 1.807) is 0 Å². The number of urea groups is 1. The minimum Gasteiger partial charge on any atom is -0.352 e. The Morgan fingerprint density at radius 3 is 1.40 bits per heavy atom. The fourth-order valence-electron chi connectivity index (χ4n) is 0. The summed E-state index contributed by atoms with van der Waals surface area (Å²) in [6.07, 6.45) is 0. The molecule has 3 radical (unpaired) electrons. The monoisotopic (exact) mass is 135 g/mol. The maximum atomic E-state index is 9.00. The third-order valence-corrected chi connectivity index (χ3v) is 0. The Labute approximate surface area is 41.0 Å². The summed E-state index contributed by atoms with van der Waals surface area (Å²) in [4.78, 5) is 9.00. The molecule has 0 bridgehead atoms. The minimum atomic E-state index is -0.833. The van der Waals surface area contributed by atoms with E-state index in [1.807, 2.05) is 0 Å². The molecule has 0 atom stereocenters. The summed E-state index contributed by atoms with van der Waals surface area (Å²) in [5, 5.41) is 0. The first-order chi connectivity index (χ1) is 1.73. The van der Waals surface area contributed by atoms with Gasteiger partial charge in [-0.05, 0) is 0 Å². The smallest absolute Gasteiger partial charge is 0.309 e. The molecular weight excluding hydrogens is 131 g/mol. The van der Waals surface area contributed by atoms with Gasteiger partial charge in [-0.15, -0.1) is 0 Å². The molecule has 4 N–H and O–H groups in total. The fourth-order valence-corrected chi connectivity index (χ4v) is 0. The standard InChI is InChI=1S/CH4N2O.As/c2-1(3)4;/h(H4,2,3,4);. The molecule has 0 saturated heterocycles. The van der Waals surface area contributed by atoms with Crippen molar-refractivity contribution in [3.8, 4) is 0 Å². The van der Waals surface area contributed by atoms with Gasteiger partial charge in [0.1, 0.15) is 0 Å². The van der Waals surface area contributed by atoms with Crippen molar-refractivity contribution in [1.29, 1.82) is 0 Å². The Bertz CT molecular complexity index is 32.6. The Kier molecular flexibility index (Phi) is 6.77. The molecule has 0 heterocycles. The summed E-state index contributed by atoms with van der Waals surface area (Å²) in [7, 11) is 0. The van der Waals surface area contributed by atoms with E-state index in [4.69, 9.17) is 4.79 Å². The second kappa shape index (κ2) is 3.83. The van der Waals surface area contributed by atoms with Gasteiger partial charge in [0, 0.05) is 18.0 Å². The SMILES string of the molecule is NC(N)=O.[As]. The van der Waals surface area contributed by atoms with E-state index in [1.165, 1.54) is 0 Å². The average molecular weight is 135 g/mol. The maximum absolute atomic E-state index is 9.00. The van der Waals surface area contributed by atoms with Crippen molar-refractivity contribution in [2.24, 2.45) is 11.5 Å². The number of primary amides is 2. The molecule has 0 aliphatic heterocycles. The van der Waals surface area contributed by atoms with Crippen molar-refractivity contribution in [2.45, 2.75) is 0 Å². The van der Waals surface area contributed by atoms with Gasteiger partial charge in [0.05, 0.1) is 0 Å². The molecule has 0 rings (SSSR count). The van der Waals surface area contributed by atoms with Crippen molar-refractivity contribution in [3.63, 3.8) is 0 Å². The molecular formula is CH4AsN2O. The van der Waals surface area contributed by atoms with E-state index in [0.29, 0.717) is 0 Å². The second-order valence-electron chi connectivity index (χ2n) is 0.402. The number of rotatable bonds is 0. The van der Waals surface area contributed by atoms with Crippen molar-refractivity contribution in [2.75, 3.05) is 0 Å². The third-order valence-electron chi connectivity index (χ3n) is 0. The Morgan fingerprint density at radius 1 is 1.40 bits per heavy atom. The first-order valence-corrected chi connectivity index (χ1v) is 0.781. The summed E-state index contributed by atoms with van der Waals surface area (Å²) < 4.78 is 0. The van der Waals surface area contributed by atoms with Gasteiger partial charge in [-0.25, -0.2) is 4.79 Å². The van der Waals surface area contributed by atoms with Crippen LogP contribution in [0.15, 0.2) is 0 Å². The van der Waals surface area contributed by atoms with Crippen molar-refractivity contribution < 1.29 is 4.79 Å². The summed E-state index contributed by atoms with van der Waals surface area (Å²) in [5.74, 6) is 0. The van der Waals surface area contributed by atoms with Crippen LogP contribution in [-0.2, 0) is 0 Å². The first-order valence-electron chi connectivity index (χ1n) is 0.781. The van der Waals surface area contributed by atoms with Crippen molar-refractivity contribution in [3.05, 3.63) is 0 Å². The molecule has 0 aromatic carbocycles. The zero-order chi connectivity index (χ0) is 3.58. The normalized spacial score (nSPS) is 4.80. The molecule has 4 heteroatoms. The molecule has 0 aromatic rings. The largest absolute Gasteiger partial charge is 0.352 e. The fraction of sp³-hybridized carbons (Fsp3) is 0. The maximum Gasteiger partial charge on any atom is 0.309 e. The average Bonchev–Trinajstić information content (AvgIpc) is 0.811. The van der Waals surface area contributed by atoms with Crippen LogP contribution in [0.3, 0.4) is 0 Å². The predicted octanol–water partition coefficient (Wildman–Crippen LogP) is -1.36. The van der Waals surface area contributed by atoms with Crippen LogP contribution in [-0.4, -0.2) is 24.0 Å². The van der Waals surface area contributed by atoms with Gasteiger partial charge in [0.15, 0.2) is 0 Å². The van der Waals surface area contributed by atoms with Crippen LogP contribution in [0.4, 0.5) is 4.79 Å². The van der Waals surface area contributed by atoms with Crippen LogP contribution in [0, 0.1) is 0 Å². The van der Waals surface area contributed by atoms with E-state index in [9.17, 15) is 0 Å². The number of hydrogen-bond donors (Lipinski definition) is 2. The molecule has 0 unspecified atom stereocenters. The summed E-state index contributed by atoms with van der Waals surface area (Å²) in [6, 6.07) is -0.833. The van der Waals surface area contributed by atoms with Crippen LogP contribution in [0.2, 0.25) is 0 Å². The number of nitrogens with two attached hydrogens (primary N) is 2. The van der Waals surface area contributed by atoms with Gasteiger partial charge >= 0.3 is 6.03 Å². The third kappa shape index (κ3) is 435. The zero-order valence-corrected chi connectivity index (χ0v) is 4.39. The van der Waals surface area contributed by atoms with Gasteiger partial charge < -0.3 is 11.5 Å². The zero-order valence-electron chi connectivity index (χ0n) is 2.51. The van der Waals surface area contributed by atoms with E-state index >= 15 is 0 Å². The number of hydrogen-bond acceptors (Lipinski definition) is 1. The quantitative estimate of drug-likeness (QED) is 0.396. The summed E-state index contributed by atoms with van der Waals surface area (Å²) in [6.45, 7) is 0. The number of amides is 2. The molecule has 29 valence electrons. The van der Waals surface area contributed by atoms with Gasteiger partial charge in [0.25, 0.3) is 0 Å². The predicted molar refractivity (Wildman–Crippen MR) is 19.5 cm³/mol. The van der Waals surface area contributed by atoms with Crippen LogP contribution in [0.5, 0.6) is 0 Å². The Morgan fingerprint density at radius 2 is 1.40 bits per heavy atom. The molecule has 3 nitrogen and oxygen atoms in total. The van der Waals surface area contributed by atoms with E-state index in [2.05, 4.69) is 11.5 Å². The van der Waals surface area contributed by atoms with Gasteiger partial charge in [-0.2, -0.15) is 0 Å². The Balaban J connectivity index is 0. The molecule has 0 aromatic heterocycles. The topological polar surface area (TPSA) is 69.1 Å². The molecule has 0 spiro atoms. The van der Waals surface area contributed by atoms with E-state index in [0.717, 1.165) is 0 Å². The van der Waals surface area contributed by atoms with Crippen LogP contribution in [0.1, 0.15) is 0 Å². The number of carbonyl (C=O) groups excluding carboxylic acids is 1. The Hall–Kier alpha value is -0.172. The molecule has 0 aliphatic rings. The van der Waals surface area contributed by atoms with Gasteiger partial charge in [-0.3, -0.25) is 0 Å². The van der Waals surface area contributed by atoms with Crippen molar-refractivity contribution in [1.82, 2.24) is 0 Å². The van der Waals surface area contributed by atoms with Crippen molar-refractivity contribution >= 4 is 24.0 Å². The van der Waals surface area contributed by atoms with E-state index in [-0.39, 0.29) is 18.0 Å². The molecule has 5 heavy (non-hydrogen) atoms. The minimum absolute atomic E-state index is 0. The summed E-state index contributed by atoms with van der Waals surface area (Å²) in [5.41, 5.74) is 8.50. The van der Waals surface area contributed by atoms with E-state index < -0.39 is 6.03 Å². The molecule has 0 aliphatic carbocycles.